The van der Waals surface area contributed by atoms with Crippen molar-refractivity contribution in [1.29, 1.82) is 0 Å². The van der Waals surface area contributed by atoms with Gasteiger partial charge in [0.1, 0.15) is 6.61 Å². The van der Waals surface area contributed by atoms with E-state index in [1.165, 1.54) is 5.56 Å². The van der Waals surface area contributed by atoms with E-state index in [-0.39, 0.29) is 5.54 Å². The third-order valence-corrected chi connectivity index (χ3v) is 3.98. The van der Waals surface area contributed by atoms with Gasteiger partial charge in [0.15, 0.2) is 11.5 Å². The van der Waals surface area contributed by atoms with Crippen molar-refractivity contribution in [2.45, 2.75) is 53.3 Å². The Morgan fingerprint density at radius 2 is 1.68 bits per heavy atom. The summed E-state index contributed by atoms with van der Waals surface area (Å²) in [5, 5.41) is 4.04. The number of aryl methyl sites for hydroxylation is 1. The fourth-order valence-corrected chi connectivity index (χ4v) is 2.62. The molecule has 0 radical (unpaired) electrons. The van der Waals surface area contributed by atoms with Crippen LogP contribution in [0.1, 0.15) is 44.4 Å². The van der Waals surface area contributed by atoms with Crippen molar-refractivity contribution in [2.24, 2.45) is 0 Å². The van der Waals surface area contributed by atoms with Gasteiger partial charge in [0, 0.05) is 12.1 Å². The van der Waals surface area contributed by atoms with E-state index < -0.39 is 0 Å². The summed E-state index contributed by atoms with van der Waals surface area (Å²) in [7, 11) is 0. The number of hydrogen-bond donors (Lipinski definition) is 1. The summed E-state index contributed by atoms with van der Waals surface area (Å²) < 4.78 is 11.7. The van der Waals surface area contributed by atoms with Crippen molar-refractivity contribution in [3.05, 3.63) is 58.1 Å². The Bertz CT molecular complexity index is 690. The van der Waals surface area contributed by atoms with Gasteiger partial charge in [0.25, 0.3) is 0 Å². The molecule has 0 amide bonds. The standard InChI is InChI=1S/C21H28ClNO2/c1-6-24-19-12-17(13-23-21(3,4)5)11-18(22)20(19)25-14-16-9-7-15(2)8-10-16/h7-12,23H,6,13-14H2,1-5H3. The fourth-order valence-electron chi connectivity index (χ4n) is 2.33. The Morgan fingerprint density at radius 1 is 1.00 bits per heavy atom. The van der Waals surface area contributed by atoms with Gasteiger partial charge in [-0.3, -0.25) is 0 Å². The highest BCUT2D eigenvalue weighted by Gasteiger charge is 2.15. The van der Waals surface area contributed by atoms with Gasteiger partial charge in [-0.05, 0) is 57.9 Å². The van der Waals surface area contributed by atoms with Gasteiger partial charge in [0.2, 0.25) is 0 Å². The second-order valence-corrected chi connectivity index (χ2v) is 7.62. The number of halogens is 1. The molecule has 2 rings (SSSR count). The Balaban J connectivity index is 2.16. The van der Waals surface area contributed by atoms with Gasteiger partial charge in [-0.2, -0.15) is 0 Å². The quantitative estimate of drug-likeness (QED) is 0.704. The largest absolute Gasteiger partial charge is 0.490 e. The summed E-state index contributed by atoms with van der Waals surface area (Å²) in [5.74, 6) is 1.29. The molecule has 0 atom stereocenters. The van der Waals surface area contributed by atoms with Crippen LogP contribution in [-0.4, -0.2) is 12.1 Å². The van der Waals surface area contributed by atoms with E-state index in [2.05, 4.69) is 57.3 Å². The molecule has 0 spiro atoms. The smallest absolute Gasteiger partial charge is 0.180 e. The lowest BCUT2D eigenvalue weighted by Gasteiger charge is -2.21. The average molecular weight is 362 g/mol. The molecule has 0 aromatic heterocycles. The van der Waals surface area contributed by atoms with E-state index in [4.69, 9.17) is 21.1 Å². The molecule has 2 aromatic rings. The Morgan fingerprint density at radius 3 is 2.28 bits per heavy atom. The van der Waals surface area contributed by atoms with Crippen molar-refractivity contribution in [1.82, 2.24) is 5.32 Å². The molecule has 25 heavy (non-hydrogen) atoms. The lowest BCUT2D eigenvalue weighted by molar-refractivity contribution is 0.269. The van der Waals surface area contributed by atoms with E-state index in [9.17, 15) is 0 Å². The highest BCUT2D eigenvalue weighted by molar-refractivity contribution is 6.32. The Hall–Kier alpha value is -1.71. The maximum Gasteiger partial charge on any atom is 0.180 e. The summed E-state index contributed by atoms with van der Waals surface area (Å²) in [6.45, 7) is 12.2. The molecule has 2 aromatic carbocycles. The van der Waals surface area contributed by atoms with Crippen LogP contribution in [0.3, 0.4) is 0 Å². The average Bonchev–Trinajstić information content (AvgIpc) is 2.53. The first-order valence-electron chi connectivity index (χ1n) is 8.67. The zero-order chi connectivity index (χ0) is 18.4. The zero-order valence-electron chi connectivity index (χ0n) is 15.8. The molecule has 0 aliphatic heterocycles. The Labute approximate surface area is 156 Å². The molecule has 0 saturated carbocycles. The van der Waals surface area contributed by atoms with Crippen LogP contribution in [0.25, 0.3) is 0 Å². The van der Waals surface area contributed by atoms with Crippen LogP contribution in [0.4, 0.5) is 0 Å². The van der Waals surface area contributed by atoms with E-state index in [1.807, 2.05) is 19.1 Å². The highest BCUT2D eigenvalue weighted by Crippen LogP contribution is 2.37. The summed E-state index contributed by atoms with van der Waals surface area (Å²) in [5.41, 5.74) is 3.44. The predicted molar refractivity (Wildman–Crippen MR) is 105 cm³/mol. The summed E-state index contributed by atoms with van der Waals surface area (Å²) >= 11 is 6.48. The van der Waals surface area contributed by atoms with Crippen molar-refractivity contribution < 1.29 is 9.47 Å². The highest BCUT2D eigenvalue weighted by atomic mass is 35.5. The molecule has 136 valence electrons. The van der Waals surface area contributed by atoms with Crippen LogP contribution >= 0.6 is 11.6 Å². The minimum Gasteiger partial charge on any atom is -0.490 e. The summed E-state index contributed by atoms with van der Waals surface area (Å²) in [6.07, 6.45) is 0. The van der Waals surface area contributed by atoms with Gasteiger partial charge in [-0.1, -0.05) is 41.4 Å². The lowest BCUT2D eigenvalue weighted by atomic mass is 10.1. The van der Waals surface area contributed by atoms with Gasteiger partial charge >= 0.3 is 0 Å². The van der Waals surface area contributed by atoms with Gasteiger partial charge in [-0.15, -0.1) is 0 Å². The van der Waals surface area contributed by atoms with E-state index in [0.717, 1.165) is 17.7 Å². The minimum atomic E-state index is 0.0405. The van der Waals surface area contributed by atoms with Crippen LogP contribution in [-0.2, 0) is 13.2 Å². The third-order valence-electron chi connectivity index (χ3n) is 3.70. The number of rotatable bonds is 7. The molecule has 0 aliphatic rings. The molecule has 0 heterocycles. The molecular weight excluding hydrogens is 334 g/mol. The van der Waals surface area contributed by atoms with Gasteiger partial charge < -0.3 is 14.8 Å². The molecule has 0 saturated heterocycles. The topological polar surface area (TPSA) is 30.5 Å². The maximum absolute atomic E-state index is 6.48. The molecule has 3 nitrogen and oxygen atoms in total. The number of ether oxygens (including phenoxy) is 2. The SMILES string of the molecule is CCOc1cc(CNC(C)(C)C)cc(Cl)c1OCc1ccc(C)cc1. The van der Waals surface area contributed by atoms with Crippen LogP contribution in [0.15, 0.2) is 36.4 Å². The van der Waals surface area contributed by atoms with Gasteiger partial charge in [0.05, 0.1) is 11.6 Å². The van der Waals surface area contributed by atoms with Crippen molar-refractivity contribution in [2.75, 3.05) is 6.61 Å². The van der Waals surface area contributed by atoms with Gasteiger partial charge in [-0.25, -0.2) is 0 Å². The first-order valence-corrected chi connectivity index (χ1v) is 9.05. The second-order valence-electron chi connectivity index (χ2n) is 7.22. The molecule has 0 bridgehead atoms. The second kappa shape index (κ2) is 8.59. The van der Waals surface area contributed by atoms with Crippen LogP contribution in [0.5, 0.6) is 11.5 Å². The molecule has 4 heteroatoms. The first-order chi connectivity index (χ1) is 11.8. The molecule has 0 fully saturated rings. The van der Waals surface area contributed by atoms with Crippen molar-refractivity contribution in [3.63, 3.8) is 0 Å². The molecule has 1 N–H and O–H groups in total. The predicted octanol–water partition coefficient (Wildman–Crippen LogP) is 5.51. The summed E-state index contributed by atoms with van der Waals surface area (Å²) in [6, 6.07) is 12.2. The monoisotopic (exact) mass is 361 g/mol. The van der Waals surface area contributed by atoms with Crippen molar-refractivity contribution >= 4 is 11.6 Å². The normalized spacial score (nSPS) is 11.4. The number of nitrogens with one attached hydrogen (secondary N) is 1. The van der Waals surface area contributed by atoms with Crippen molar-refractivity contribution in [3.8, 4) is 11.5 Å². The van der Waals surface area contributed by atoms with E-state index in [0.29, 0.717) is 29.7 Å². The van der Waals surface area contributed by atoms with E-state index >= 15 is 0 Å². The third kappa shape index (κ3) is 6.26. The lowest BCUT2D eigenvalue weighted by Crippen LogP contribution is -2.35. The van der Waals surface area contributed by atoms with Crippen LogP contribution in [0, 0.1) is 6.92 Å². The Kier molecular flexibility index (Phi) is 6.74. The molecule has 0 aliphatic carbocycles. The number of benzene rings is 2. The number of hydrogen-bond acceptors (Lipinski definition) is 3. The van der Waals surface area contributed by atoms with E-state index in [1.54, 1.807) is 0 Å². The molecular formula is C21H28ClNO2. The fraction of sp³-hybridized carbons (Fsp3) is 0.429. The van der Waals surface area contributed by atoms with Crippen LogP contribution in [0.2, 0.25) is 5.02 Å². The summed E-state index contributed by atoms with van der Waals surface area (Å²) in [4.78, 5) is 0. The minimum absolute atomic E-state index is 0.0405. The first kappa shape index (κ1) is 19.6. The zero-order valence-corrected chi connectivity index (χ0v) is 16.5. The van der Waals surface area contributed by atoms with Crippen LogP contribution < -0.4 is 14.8 Å². The molecule has 0 unspecified atom stereocenters. The maximum atomic E-state index is 6.48.